The molecule has 0 aliphatic heterocycles. The third kappa shape index (κ3) is 6.15. The highest BCUT2D eigenvalue weighted by molar-refractivity contribution is 5.91. The summed E-state index contributed by atoms with van der Waals surface area (Å²) in [4.78, 5) is 18.3. The van der Waals surface area contributed by atoms with Gasteiger partial charge in [0.05, 0.1) is 26.2 Å². The lowest BCUT2D eigenvalue weighted by molar-refractivity contribution is -0.126. The molecule has 6 nitrogen and oxygen atoms in total. The van der Waals surface area contributed by atoms with Crippen LogP contribution >= 0.6 is 0 Å². The Morgan fingerprint density at radius 1 is 1.33 bits per heavy atom. The summed E-state index contributed by atoms with van der Waals surface area (Å²) >= 11 is 0. The number of carbonyl (C=O) groups is 1. The predicted octanol–water partition coefficient (Wildman–Crippen LogP) is 3.44. The van der Waals surface area contributed by atoms with E-state index in [0.717, 1.165) is 11.1 Å². The van der Waals surface area contributed by atoms with Gasteiger partial charge in [0, 0.05) is 31.6 Å². The molecule has 2 rings (SSSR count). The van der Waals surface area contributed by atoms with Crippen LogP contribution in [0.3, 0.4) is 0 Å². The molecule has 0 fully saturated rings. The summed E-state index contributed by atoms with van der Waals surface area (Å²) in [6.07, 6.45) is 6.90. The van der Waals surface area contributed by atoms with Crippen LogP contribution in [0.1, 0.15) is 24.5 Å². The molecule has 0 atom stereocenters. The molecular weight excluding hydrogens is 342 g/mol. The number of benzene rings is 1. The van der Waals surface area contributed by atoms with Crippen molar-refractivity contribution in [1.82, 2.24) is 9.88 Å². The molecule has 0 bridgehead atoms. The van der Waals surface area contributed by atoms with Crippen LogP contribution in [-0.2, 0) is 11.3 Å². The highest BCUT2D eigenvalue weighted by atomic mass is 16.5. The van der Waals surface area contributed by atoms with Crippen molar-refractivity contribution in [3.63, 3.8) is 0 Å². The summed E-state index contributed by atoms with van der Waals surface area (Å²) in [5.74, 6) is 1.11. The van der Waals surface area contributed by atoms with Gasteiger partial charge in [-0.05, 0) is 42.3 Å². The number of carbonyl (C=O) groups excluding carboxylic acids is 1. The average molecular weight is 365 g/mol. The van der Waals surface area contributed by atoms with Crippen LogP contribution in [0, 0.1) is 11.3 Å². The van der Waals surface area contributed by atoms with Crippen LogP contribution in [0.5, 0.6) is 11.5 Å². The molecule has 0 aliphatic rings. The van der Waals surface area contributed by atoms with E-state index in [1.165, 1.54) is 6.08 Å². The average Bonchev–Trinajstić information content (AvgIpc) is 2.71. The van der Waals surface area contributed by atoms with Crippen LogP contribution in [0.25, 0.3) is 6.08 Å². The SMILES string of the molecule is CCOc1ccc(/C=C/C(=O)N(CCC#N)Cc2cccnc2)cc1OC. The number of pyridine rings is 1. The number of nitrogens with zero attached hydrogens (tertiary/aromatic N) is 3. The molecule has 6 heteroatoms. The van der Waals surface area contributed by atoms with Crippen molar-refractivity contribution in [3.8, 4) is 17.6 Å². The Labute approximate surface area is 159 Å². The number of nitriles is 1. The second-order valence-corrected chi connectivity index (χ2v) is 5.71. The Hall–Kier alpha value is -3.33. The van der Waals surface area contributed by atoms with Gasteiger partial charge in [-0.1, -0.05) is 12.1 Å². The first kappa shape index (κ1) is 20.0. The van der Waals surface area contributed by atoms with Crippen LogP contribution in [0.4, 0.5) is 0 Å². The lowest BCUT2D eigenvalue weighted by atomic mass is 10.1. The molecule has 0 spiro atoms. The molecule has 140 valence electrons. The molecular formula is C21H23N3O3. The first-order valence-electron chi connectivity index (χ1n) is 8.71. The van der Waals surface area contributed by atoms with E-state index < -0.39 is 0 Å². The second kappa shape index (κ2) is 10.6. The fraction of sp³-hybridized carbons (Fsp3) is 0.286. The van der Waals surface area contributed by atoms with E-state index in [0.29, 0.717) is 31.2 Å². The number of amides is 1. The fourth-order valence-corrected chi connectivity index (χ4v) is 2.50. The van der Waals surface area contributed by atoms with E-state index in [1.54, 1.807) is 30.5 Å². The van der Waals surface area contributed by atoms with Gasteiger partial charge in [0.1, 0.15) is 0 Å². The smallest absolute Gasteiger partial charge is 0.246 e. The van der Waals surface area contributed by atoms with E-state index in [2.05, 4.69) is 11.1 Å². The van der Waals surface area contributed by atoms with E-state index >= 15 is 0 Å². The number of methoxy groups -OCH3 is 1. The van der Waals surface area contributed by atoms with Gasteiger partial charge in [0.2, 0.25) is 5.91 Å². The topological polar surface area (TPSA) is 75.5 Å². The Bertz CT molecular complexity index is 813. The summed E-state index contributed by atoms with van der Waals surface area (Å²) in [6, 6.07) is 11.3. The number of hydrogen-bond acceptors (Lipinski definition) is 5. The van der Waals surface area contributed by atoms with Gasteiger partial charge >= 0.3 is 0 Å². The zero-order chi connectivity index (χ0) is 19.5. The quantitative estimate of drug-likeness (QED) is 0.636. The van der Waals surface area contributed by atoms with Crippen molar-refractivity contribution in [2.24, 2.45) is 0 Å². The summed E-state index contributed by atoms with van der Waals surface area (Å²) in [5, 5.41) is 8.85. The predicted molar refractivity (Wildman–Crippen MR) is 103 cm³/mol. The molecule has 0 N–H and O–H groups in total. The van der Waals surface area contributed by atoms with Crippen molar-refractivity contribution in [1.29, 1.82) is 5.26 Å². The Morgan fingerprint density at radius 3 is 2.85 bits per heavy atom. The third-order valence-corrected chi connectivity index (χ3v) is 3.81. The highest BCUT2D eigenvalue weighted by Crippen LogP contribution is 2.28. The lowest BCUT2D eigenvalue weighted by Gasteiger charge is -2.20. The van der Waals surface area contributed by atoms with Crippen LogP contribution in [-0.4, -0.2) is 36.1 Å². The van der Waals surface area contributed by atoms with Crippen LogP contribution < -0.4 is 9.47 Å². The Kier molecular flexibility index (Phi) is 7.86. The van der Waals surface area contributed by atoms with Crippen molar-refractivity contribution < 1.29 is 14.3 Å². The first-order valence-corrected chi connectivity index (χ1v) is 8.71. The number of rotatable bonds is 9. The maximum atomic E-state index is 12.6. The number of ether oxygens (including phenoxy) is 2. The molecule has 1 amide bonds. The van der Waals surface area contributed by atoms with Gasteiger partial charge in [-0.2, -0.15) is 5.26 Å². The normalized spacial score (nSPS) is 10.4. The summed E-state index contributed by atoms with van der Waals surface area (Å²) in [7, 11) is 1.58. The molecule has 0 radical (unpaired) electrons. The minimum Gasteiger partial charge on any atom is -0.493 e. The van der Waals surface area contributed by atoms with E-state index in [9.17, 15) is 4.79 Å². The van der Waals surface area contributed by atoms with Gasteiger partial charge in [-0.25, -0.2) is 0 Å². The summed E-state index contributed by atoms with van der Waals surface area (Å²) in [5.41, 5.74) is 1.74. The maximum Gasteiger partial charge on any atom is 0.246 e. The van der Waals surface area contributed by atoms with Gasteiger partial charge in [0.25, 0.3) is 0 Å². The van der Waals surface area contributed by atoms with Crippen molar-refractivity contribution in [2.45, 2.75) is 19.9 Å². The molecule has 1 heterocycles. The third-order valence-electron chi connectivity index (χ3n) is 3.81. The minimum absolute atomic E-state index is 0.165. The summed E-state index contributed by atoms with van der Waals surface area (Å²) in [6.45, 7) is 3.22. The zero-order valence-corrected chi connectivity index (χ0v) is 15.6. The van der Waals surface area contributed by atoms with Gasteiger partial charge < -0.3 is 14.4 Å². The van der Waals surface area contributed by atoms with Crippen molar-refractivity contribution >= 4 is 12.0 Å². The van der Waals surface area contributed by atoms with E-state index in [4.69, 9.17) is 14.7 Å². The Morgan fingerprint density at radius 2 is 2.19 bits per heavy atom. The minimum atomic E-state index is -0.165. The van der Waals surface area contributed by atoms with Crippen molar-refractivity contribution in [2.75, 3.05) is 20.3 Å². The standard InChI is InChI=1S/C21H23N3O3/c1-3-27-19-9-7-17(14-20(19)26-2)8-10-21(25)24(13-5-11-22)16-18-6-4-12-23-15-18/h4,6-10,12,14-15H,3,5,13,16H2,1-2H3/b10-8+. The van der Waals surface area contributed by atoms with Crippen molar-refractivity contribution in [3.05, 3.63) is 59.9 Å². The maximum absolute atomic E-state index is 12.6. The van der Waals surface area contributed by atoms with Gasteiger partial charge in [-0.15, -0.1) is 0 Å². The largest absolute Gasteiger partial charge is 0.493 e. The first-order chi connectivity index (χ1) is 13.2. The number of hydrogen-bond donors (Lipinski definition) is 0. The second-order valence-electron chi connectivity index (χ2n) is 5.71. The molecule has 0 saturated carbocycles. The van der Waals surface area contributed by atoms with Gasteiger partial charge in [0.15, 0.2) is 11.5 Å². The molecule has 1 aromatic heterocycles. The van der Waals surface area contributed by atoms with E-state index in [-0.39, 0.29) is 12.3 Å². The number of aromatic nitrogens is 1. The van der Waals surface area contributed by atoms with Crippen LogP contribution in [0.15, 0.2) is 48.8 Å². The highest BCUT2D eigenvalue weighted by Gasteiger charge is 2.11. The molecule has 0 saturated heterocycles. The summed E-state index contributed by atoms with van der Waals surface area (Å²) < 4.78 is 10.8. The van der Waals surface area contributed by atoms with Gasteiger partial charge in [-0.3, -0.25) is 9.78 Å². The lowest BCUT2D eigenvalue weighted by Crippen LogP contribution is -2.29. The zero-order valence-electron chi connectivity index (χ0n) is 15.6. The fourth-order valence-electron chi connectivity index (χ4n) is 2.50. The molecule has 2 aromatic rings. The van der Waals surface area contributed by atoms with E-state index in [1.807, 2.05) is 37.3 Å². The molecule has 27 heavy (non-hydrogen) atoms. The molecule has 0 aliphatic carbocycles. The molecule has 0 unspecified atom stereocenters. The molecule has 1 aromatic carbocycles. The van der Waals surface area contributed by atoms with Crippen LogP contribution in [0.2, 0.25) is 0 Å². The Balaban J connectivity index is 2.12. The monoisotopic (exact) mass is 365 g/mol.